The number of benzene rings is 2. The molecule has 2 heterocycles. The van der Waals surface area contributed by atoms with Gasteiger partial charge in [-0.2, -0.15) is 0 Å². The van der Waals surface area contributed by atoms with E-state index in [9.17, 15) is 9.18 Å². The highest BCUT2D eigenvalue weighted by atomic mass is 32.2. The van der Waals surface area contributed by atoms with Crippen molar-refractivity contribution in [3.05, 3.63) is 71.5 Å². The van der Waals surface area contributed by atoms with Crippen LogP contribution in [0.1, 0.15) is 17.0 Å². The molecule has 2 aliphatic rings. The molecule has 0 bridgehead atoms. The van der Waals surface area contributed by atoms with Crippen LogP contribution in [0.25, 0.3) is 0 Å². The predicted molar refractivity (Wildman–Crippen MR) is 97.5 cm³/mol. The molecule has 3 N–H and O–H groups in total. The fourth-order valence-corrected chi connectivity index (χ4v) is 4.52. The van der Waals surface area contributed by atoms with E-state index in [1.165, 1.54) is 17.7 Å². The van der Waals surface area contributed by atoms with Gasteiger partial charge in [0, 0.05) is 24.3 Å². The van der Waals surface area contributed by atoms with Gasteiger partial charge in [0.05, 0.1) is 0 Å². The zero-order valence-electron chi connectivity index (χ0n) is 13.6. The zero-order valence-corrected chi connectivity index (χ0v) is 14.4. The summed E-state index contributed by atoms with van der Waals surface area (Å²) in [6.07, 6.45) is 0. The van der Waals surface area contributed by atoms with Crippen molar-refractivity contribution in [3.8, 4) is 0 Å². The van der Waals surface area contributed by atoms with Crippen molar-refractivity contribution in [2.75, 3.05) is 6.54 Å². The molecule has 0 radical (unpaired) electrons. The Morgan fingerprint density at radius 1 is 1.08 bits per heavy atom. The molecule has 4 rings (SSSR count). The Labute approximate surface area is 150 Å². The Bertz CT molecular complexity index is 740. The van der Waals surface area contributed by atoms with Gasteiger partial charge in [0.15, 0.2) is 0 Å². The van der Waals surface area contributed by atoms with Crippen LogP contribution in [0, 0.1) is 5.82 Å². The van der Waals surface area contributed by atoms with Gasteiger partial charge in [-0.25, -0.2) is 4.39 Å². The second-order valence-electron chi connectivity index (χ2n) is 6.42. The molecule has 4 atom stereocenters. The van der Waals surface area contributed by atoms with E-state index in [0.29, 0.717) is 5.75 Å². The molecular weight excluding hydrogens is 337 g/mol. The molecule has 0 aliphatic carbocycles. The van der Waals surface area contributed by atoms with Gasteiger partial charge in [0.25, 0.3) is 0 Å². The summed E-state index contributed by atoms with van der Waals surface area (Å²) in [6.45, 7) is 0.787. The number of carbonyl (C=O) groups is 1. The molecule has 2 aromatic rings. The normalized spacial score (nSPS) is 28.4. The van der Waals surface area contributed by atoms with E-state index in [1.807, 2.05) is 18.2 Å². The van der Waals surface area contributed by atoms with E-state index in [2.05, 4.69) is 28.1 Å². The molecule has 4 unspecified atom stereocenters. The highest BCUT2D eigenvalue weighted by Crippen LogP contribution is 2.30. The largest absolute Gasteiger partial charge is 0.330 e. The minimum absolute atomic E-state index is 0.0405. The number of hydrogen-bond donors (Lipinski definition) is 3. The van der Waals surface area contributed by atoms with Crippen LogP contribution in [0.5, 0.6) is 0 Å². The van der Waals surface area contributed by atoms with E-state index in [1.54, 1.807) is 23.9 Å². The van der Waals surface area contributed by atoms with Crippen LogP contribution in [0.2, 0.25) is 0 Å². The Morgan fingerprint density at radius 2 is 1.84 bits per heavy atom. The summed E-state index contributed by atoms with van der Waals surface area (Å²) in [6, 6.07) is 16.7. The number of hydrogen-bond acceptors (Lipinski definition) is 4. The first-order valence-corrected chi connectivity index (χ1v) is 9.46. The SMILES string of the molecule is O=C1NC(SCc2ccc(F)cc2)NC2C1NCC2c1ccccc1. The van der Waals surface area contributed by atoms with Crippen molar-refractivity contribution in [3.63, 3.8) is 0 Å². The van der Waals surface area contributed by atoms with E-state index in [-0.39, 0.29) is 35.2 Å². The number of amides is 1. The first-order chi connectivity index (χ1) is 12.2. The van der Waals surface area contributed by atoms with Crippen molar-refractivity contribution in [1.29, 1.82) is 0 Å². The fraction of sp³-hybridized carbons (Fsp3) is 0.316. The van der Waals surface area contributed by atoms with E-state index in [0.717, 1.165) is 12.1 Å². The van der Waals surface area contributed by atoms with Gasteiger partial charge in [0.1, 0.15) is 17.4 Å². The lowest BCUT2D eigenvalue weighted by atomic mass is 9.90. The summed E-state index contributed by atoms with van der Waals surface area (Å²) in [7, 11) is 0. The fourth-order valence-electron chi connectivity index (χ4n) is 3.52. The molecule has 0 spiro atoms. The van der Waals surface area contributed by atoms with Crippen LogP contribution >= 0.6 is 11.8 Å². The molecule has 1 amide bonds. The standard InChI is InChI=1S/C19H20FN3OS/c20-14-8-6-12(7-9-14)11-25-19-22-16-15(13-4-2-1-3-5-13)10-21-17(16)18(24)23-19/h1-9,15-17,19,21-22H,10-11H2,(H,23,24). The molecule has 2 saturated heterocycles. The molecule has 6 heteroatoms. The van der Waals surface area contributed by atoms with Crippen LogP contribution in [-0.2, 0) is 10.5 Å². The van der Waals surface area contributed by atoms with Crippen LogP contribution < -0.4 is 16.0 Å². The van der Waals surface area contributed by atoms with Crippen LogP contribution in [-0.4, -0.2) is 30.0 Å². The number of fused-ring (bicyclic) bond motifs is 1. The minimum atomic E-state index is -0.233. The average molecular weight is 357 g/mol. The quantitative estimate of drug-likeness (QED) is 0.785. The molecular formula is C19H20FN3OS. The molecule has 4 nitrogen and oxygen atoms in total. The van der Waals surface area contributed by atoms with E-state index < -0.39 is 0 Å². The van der Waals surface area contributed by atoms with Crippen molar-refractivity contribution in [2.45, 2.75) is 29.3 Å². The maximum absolute atomic E-state index is 13.0. The van der Waals surface area contributed by atoms with Crippen LogP contribution in [0.3, 0.4) is 0 Å². The van der Waals surface area contributed by atoms with E-state index in [4.69, 9.17) is 0 Å². The third-order valence-corrected chi connectivity index (χ3v) is 5.89. The number of thioether (sulfide) groups is 1. The van der Waals surface area contributed by atoms with Gasteiger partial charge in [-0.3, -0.25) is 10.1 Å². The molecule has 25 heavy (non-hydrogen) atoms. The zero-order chi connectivity index (χ0) is 17.2. The Hall–Kier alpha value is -1.89. The Morgan fingerprint density at radius 3 is 2.60 bits per heavy atom. The number of halogens is 1. The van der Waals surface area contributed by atoms with Crippen molar-refractivity contribution in [2.24, 2.45) is 0 Å². The maximum Gasteiger partial charge on any atom is 0.240 e. The second-order valence-corrected chi connectivity index (χ2v) is 7.52. The van der Waals surface area contributed by atoms with Crippen LogP contribution in [0.4, 0.5) is 4.39 Å². The lowest BCUT2D eigenvalue weighted by Crippen LogP contribution is -2.64. The van der Waals surface area contributed by atoms with Gasteiger partial charge in [-0.05, 0) is 23.3 Å². The van der Waals surface area contributed by atoms with Crippen molar-refractivity contribution >= 4 is 17.7 Å². The topological polar surface area (TPSA) is 53.2 Å². The Kier molecular flexibility index (Phi) is 4.74. The Balaban J connectivity index is 1.43. The first-order valence-electron chi connectivity index (χ1n) is 8.41. The first kappa shape index (κ1) is 16.6. The third kappa shape index (κ3) is 3.56. The second kappa shape index (κ2) is 7.15. The highest BCUT2D eigenvalue weighted by Gasteiger charge is 2.45. The molecule has 2 aromatic carbocycles. The van der Waals surface area contributed by atoms with Gasteiger partial charge < -0.3 is 10.6 Å². The number of nitrogens with one attached hydrogen (secondary N) is 3. The lowest BCUT2D eigenvalue weighted by Gasteiger charge is -2.35. The number of rotatable bonds is 4. The summed E-state index contributed by atoms with van der Waals surface area (Å²) in [4.78, 5) is 12.4. The predicted octanol–water partition coefficient (Wildman–Crippen LogP) is 2.19. The molecule has 2 aliphatic heterocycles. The van der Waals surface area contributed by atoms with E-state index >= 15 is 0 Å². The molecule has 0 saturated carbocycles. The van der Waals surface area contributed by atoms with Gasteiger partial charge in [-0.15, -0.1) is 11.8 Å². The summed E-state index contributed by atoms with van der Waals surface area (Å²) < 4.78 is 13.0. The highest BCUT2D eigenvalue weighted by molar-refractivity contribution is 7.99. The monoisotopic (exact) mass is 357 g/mol. The minimum Gasteiger partial charge on any atom is -0.330 e. The summed E-state index contributed by atoms with van der Waals surface area (Å²) in [5.74, 6) is 0.785. The molecule has 0 aromatic heterocycles. The third-order valence-electron chi connectivity index (χ3n) is 4.81. The summed E-state index contributed by atoms with van der Waals surface area (Å²) in [5.41, 5.74) is 2.13. The van der Waals surface area contributed by atoms with Crippen LogP contribution in [0.15, 0.2) is 54.6 Å². The summed E-state index contributed by atoms with van der Waals surface area (Å²) in [5, 5.41) is 9.92. The van der Waals surface area contributed by atoms with Gasteiger partial charge in [-0.1, -0.05) is 42.5 Å². The van der Waals surface area contributed by atoms with Crippen molar-refractivity contribution in [1.82, 2.24) is 16.0 Å². The average Bonchev–Trinajstić information content (AvgIpc) is 3.06. The number of carbonyl (C=O) groups excluding carboxylic acids is 1. The van der Waals surface area contributed by atoms with Gasteiger partial charge in [0.2, 0.25) is 5.91 Å². The molecule has 2 fully saturated rings. The lowest BCUT2D eigenvalue weighted by molar-refractivity contribution is -0.125. The summed E-state index contributed by atoms with van der Waals surface area (Å²) >= 11 is 1.61. The maximum atomic E-state index is 13.0. The molecule has 130 valence electrons. The van der Waals surface area contributed by atoms with Crippen molar-refractivity contribution < 1.29 is 9.18 Å². The van der Waals surface area contributed by atoms with Gasteiger partial charge >= 0.3 is 0 Å². The smallest absolute Gasteiger partial charge is 0.240 e.